The lowest BCUT2D eigenvalue weighted by atomic mass is 10.1. The third kappa shape index (κ3) is 7.16. The standard InChI is InChI=1S/C24H26N4O4S/c1-24(2,3)28-33(31,32)21-15-9-17(10-16-21)22(29)25-19-11-13-20(14-12-19)27-23(30)26-18-7-5-4-6-8-18/h4-16,28H,1-3H3,(H,25,29)(H2,26,27,30). The summed E-state index contributed by atoms with van der Waals surface area (Å²) in [6.07, 6.45) is 0. The van der Waals surface area contributed by atoms with Crippen molar-refractivity contribution in [1.29, 1.82) is 0 Å². The van der Waals surface area contributed by atoms with Gasteiger partial charge in [0.15, 0.2) is 0 Å². The van der Waals surface area contributed by atoms with Gasteiger partial charge in [-0.1, -0.05) is 18.2 Å². The maximum Gasteiger partial charge on any atom is 0.323 e. The molecular weight excluding hydrogens is 440 g/mol. The Balaban J connectivity index is 1.58. The molecule has 0 bridgehead atoms. The summed E-state index contributed by atoms with van der Waals surface area (Å²) >= 11 is 0. The van der Waals surface area contributed by atoms with Crippen LogP contribution in [0, 0.1) is 0 Å². The van der Waals surface area contributed by atoms with Gasteiger partial charge in [-0.3, -0.25) is 4.79 Å². The molecule has 0 aliphatic rings. The highest BCUT2D eigenvalue weighted by atomic mass is 32.2. The minimum atomic E-state index is -3.68. The first kappa shape index (κ1) is 24.0. The summed E-state index contributed by atoms with van der Waals surface area (Å²) in [6.45, 7) is 5.26. The number of hydrogen-bond donors (Lipinski definition) is 4. The number of para-hydroxylation sites is 1. The third-order valence-electron chi connectivity index (χ3n) is 4.30. The monoisotopic (exact) mass is 466 g/mol. The predicted octanol–water partition coefficient (Wildman–Crippen LogP) is 4.66. The average Bonchev–Trinajstić information content (AvgIpc) is 2.74. The second-order valence-corrected chi connectivity index (χ2v) is 10.0. The predicted molar refractivity (Wildman–Crippen MR) is 130 cm³/mol. The molecule has 0 unspecified atom stereocenters. The Labute approximate surface area is 193 Å². The van der Waals surface area contributed by atoms with Crippen LogP contribution in [0.3, 0.4) is 0 Å². The van der Waals surface area contributed by atoms with Crippen molar-refractivity contribution in [2.75, 3.05) is 16.0 Å². The quantitative estimate of drug-likeness (QED) is 0.423. The molecule has 3 rings (SSSR count). The number of rotatable bonds is 6. The number of carbonyl (C=O) groups excluding carboxylic acids is 2. The summed E-state index contributed by atoms with van der Waals surface area (Å²) in [5.74, 6) is -0.384. The number of amides is 3. The first-order valence-electron chi connectivity index (χ1n) is 10.2. The molecule has 9 heteroatoms. The summed E-state index contributed by atoms with van der Waals surface area (Å²) in [5.41, 5.74) is 1.46. The Kier molecular flexibility index (Phi) is 7.15. The number of urea groups is 1. The van der Waals surface area contributed by atoms with E-state index in [2.05, 4.69) is 20.7 Å². The Morgan fingerprint density at radius 1 is 0.667 bits per heavy atom. The number of benzene rings is 3. The van der Waals surface area contributed by atoms with Gasteiger partial charge >= 0.3 is 6.03 Å². The maximum absolute atomic E-state index is 12.5. The van der Waals surface area contributed by atoms with Crippen LogP contribution in [0.2, 0.25) is 0 Å². The highest BCUT2D eigenvalue weighted by Crippen LogP contribution is 2.17. The van der Waals surface area contributed by atoms with Gasteiger partial charge in [0.05, 0.1) is 4.90 Å². The molecule has 0 fully saturated rings. The first-order chi connectivity index (χ1) is 15.5. The summed E-state index contributed by atoms with van der Waals surface area (Å²) in [7, 11) is -3.68. The van der Waals surface area contributed by atoms with E-state index >= 15 is 0 Å². The minimum Gasteiger partial charge on any atom is -0.322 e. The fourth-order valence-corrected chi connectivity index (χ4v) is 4.32. The van der Waals surface area contributed by atoms with Crippen LogP contribution in [0.5, 0.6) is 0 Å². The van der Waals surface area contributed by atoms with Crippen molar-refractivity contribution < 1.29 is 18.0 Å². The molecule has 0 atom stereocenters. The fourth-order valence-electron chi connectivity index (χ4n) is 2.90. The van der Waals surface area contributed by atoms with Crippen molar-refractivity contribution in [3.63, 3.8) is 0 Å². The maximum atomic E-state index is 12.5. The lowest BCUT2D eigenvalue weighted by molar-refractivity contribution is 0.102. The molecule has 0 aliphatic carbocycles. The van der Waals surface area contributed by atoms with E-state index in [1.165, 1.54) is 24.3 Å². The van der Waals surface area contributed by atoms with Gasteiger partial charge in [0.2, 0.25) is 10.0 Å². The second kappa shape index (κ2) is 9.85. The zero-order valence-corrected chi connectivity index (χ0v) is 19.4. The number of sulfonamides is 1. The van der Waals surface area contributed by atoms with Crippen LogP contribution in [0.15, 0.2) is 83.8 Å². The molecule has 0 spiro atoms. The van der Waals surface area contributed by atoms with E-state index in [-0.39, 0.29) is 16.8 Å². The normalized spacial score (nSPS) is 11.5. The lowest BCUT2D eigenvalue weighted by Crippen LogP contribution is -2.40. The van der Waals surface area contributed by atoms with E-state index in [1.807, 2.05) is 18.2 Å². The van der Waals surface area contributed by atoms with E-state index in [1.54, 1.807) is 57.2 Å². The Morgan fingerprint density at radius 3 is 1.67 bits per heavy atom. The van der Waals surface area contributed by atoms with Crippen LogP contribution in [0.4, 0.5) is 21.9 Å². The van der Waals surface area contributed by atoms with Crippen LogP contribution < -0.4 is 20.7 Å². The minimum absolute atomic E-state index is 0.0816. The Morgan fingerprint density at radius 2 is 1.15 bits per heavy atom. The molecular formula is C24H26N4O4S. The zero-order chi connectivity index (χ0) is 24.1. The van der Waals surface area contributed by atoms with E-state index in [9.17, 15) is 18.0 Å². The van der Waals surface area contributed by atoms with Gasteiger partial charge in [0, 0.05) is 28.2 Å². The molecule has 0 saturated carbocycles. The number of hydrogen-bond acceptors (Lipinski definition) is 4. The van der Waals surface area contributed by atoms with Crippen molar-refractivity contribution in [3.8, 4) is 0 Å². The van der Waals surface area contributed by atoms with Crippen LogP contribution in [0.1, 0.15) is 31.1 Å². The van der Waals surface area contributed by atoms with Gasteiger partial charge < -0.3 is 16.0 Å². The third-order valence-corrected chi connectivity index (χ3v) is 6.07. The van der Waals surface area contributed by atoms with Crippen LogP contribution in [-0.4, -0.2) is 25.9 Å². The molecule has 4 N–H and O–H groups in total. The second-order valence-electron chi connectivity index (χ2n) is 8.36. The molecule has 3 aromatic carbocycles. The van der Waals surface area contributed by atoms with E-state index in [0.29, 0.717) is 22.6 Å². The van der Waals surface area contributed by atoms with Crippen LogP contribution in [0.25, 0.3) is 0 Å². The van der Waals surface area contributed by atoms with Crippen molar-refractivity contribution in [3.05, 3.63) is 84.4 Å². The summed E-state index contributed by atoms with van der Waals surface area (Å²) in [5, 5.41) is 8.18. The van der Waals surface area contributed by atoms with Gasteiger partial charge in [0.25, 0.3) is 5.91 Å². The van der Waals surface area contributed by atoms with Crippen molar-refractivity contribution >= 4 is 39.0 Å². The van der Waals surface area contributed by atoms with Crippen molar-refractivity contribution in [2.45, 2.75) is 31.2 Å². The van der Waals surface area contributed by atoms with E-state index in [4.69, 9.17) is 0 Å². The van der Waals surface area contributed by atoms with Gasteiger partial charge in [-0.05, 0) is 81.4 Å². The molecule has 0 aromatic heterocycles. The number of nitrogens with one attached hydrogen (secondary N) is 4. The molecule has 0 aliphatic heterocycles. The van der Waals surface area contributed by atoms with Crippen LogP contribution in [-0.2, 0) is 10.0 Å². The van der Waals surface area contributed by atoms with Gasteiger partial charge in [-0.2, -0.15) is 0 Å². The summed E-state index contributed by atoms with van der Waals surface area (Å²) < 4.78 is 27.3. The number of carbonyl (C=O) groups is 2. The van der Waals surface area contributed by atoms with Crippen LogP contribution >= 0.6 is 0 Å². The molecule has 3 aromatic rings. The Hall–Kier alpha value is -3.69. The summed E-state index contributed by atoms with van der Waals surface area (Å²) in [4.78, 5) is 24.7. The Bertz CT molecular complexity index is 1220. The van der Waals surface area contributed by atoms with Gasteiger partial charge in [-0.25, -0.2) is 17.9 Å². The topological polar surface area (TPSA) is 116 Å². The summed E-state index contributed by atoms with van der Waals surface area (Å²) in [6, 6.07) is 21.0. The molecule has 0 saturated heterocycles. The SMILES string of the molecule is CC(C)(C)NS(=O)(=O)c1ccc(C(=O)Nc2ccc(NC(=O)Nc3ccccc3)cc2)cc1. The van der Waals surface area contributed by atoms with Gasteiger partial charge in [-0.15, -0.1) is 0 Å². The fraction of sp³-hybridized carbons (Fsp3) is 0.167. The molecule has 0 radical (unpaired) electrons. The molecule has 33 heavy (non-hydrogen) atoms. The smallest absolute Gasteiger partial charge is 0.322 e. The van der Waals surface area contributed by atoms with Crippen molar-refractivity contribution in [1.82, 2.24) is 4.72 Å². The average molecular weight is 467 g/mol. The van der Waals surface area contributed by atoms with Crippen molar-refractivity contribution in [2.24, 2.45) is 0 Å². The van der Waals surface area contributed by atoms with E-state index < -0.39 is 15.6 Å². The lowest BCUT2D eigenvalue weighted by Gasteiger charge is -2.20. The van der Waals surface area contributed by atoms with Gasteiger partial charge in [0.1, 0.15) is 0 Å². The van der Waals surface area contributed by atoms with E-state index in [0.717, 1.165) is 0 Å². The highest BCUT2D eigenvalue weighted by Gasteiger charge is 2.22. The molecule has 0 heterocycles. The number of anilines is 3. The zero-order valence-electron chi connectivity index (χ0n) is 18.5. The molecule has 172 valence electrons. The molecule has 3 amide bonds. The first-order valence-corrected chi connectivity index (χ1v) is 11.7. The highest BCUT2D eigenvalue weighted by molar-refractivity contribution is 7.89. The molecule has 8 nitrogen and oxygen atoms in total. The largest absolute Gasteiger partial charge is 0.323 e.